The molecule has 3 rings (SSSR count). The predicted molar refractivity (Wildman–Crippen MR) is 106 cm³/mol. The van der Waals surface area contributed by atoms with Crippen LogP contribution in [0.2, 0.25) is 0 Å². The molecule has 27 heavy (non-hydrogen) atoms. The Kier molecular flexibility index (Phi) is 6.30. The summed E-state index contributed by atoms with van der Waals surface area (Å²) in [6.45, 7) is 1.81. The average Bonchev–Trinajstić information content (AvgIpc) is 2.73. The zero-order chi connectivity index (χ0) is 19.1. The molecule has 1 aromatic heterocycles. The van der Waals surface area contributed by atoms with Crippen LogP contribution < -0.4 is 10.7 Å². The van der Waals surface area contributed by atoms with E-state index in [4.69, 9.17) is 0 Å². The molecular formula is C21H24N4O2. The first kappa shape index (κ1) is 18.8. The van der Waals surface area contributed by atoms with Gasteiger partial charge in [-0.2, -0.15) is 5.10 Å². The number of pyridine rings is 1. The number of nitrogens with one attached hydrogen (secondary N) is 2. The number of carbonyl (C=O) groups is 2. The maximum absolute atomic E-state index is 12.4. The van der Waals surface area contributed by atoms with Gasteiger partial charge in [-0.25, -0.2) is 5.43 Å². The number of hydrogen-bond donors (Lipinski definition) is 2. The molecule has 0 spiro atoms. The zero-order valence-electron chi connectivity index (χ0n) is 15.4. The number of nitrogens with zero attached hydrogens (tertiary/aromatic N) is 2. The van der Waals surface area contributed by atoms with E-state index in [0.717, 1.165) is 36.9 Å². The molecule has 0 unspecified atom stereocenters. The molecule has 2 aromatic rings. The molecule has 0 aliphatic heterocycles. The molecule has 0 saturated heterocycles. The van der Waals surface area contributed by atoms with Gasteiger partial charge < -0.3 is 5.32 Å². The molecule has 140 valence electrons. The van der Waals surface area contributed by atoms with Gasteiger partial charge in [-0.1, -0.05) is 31.4 Å². The van der Waals surface area contributed by atoms with Gasteiger partial charge in [0, 0.05) is 24.0 Å². The van der Waals surface area contributed by atoms with E-state index >= 15 is 0 Å². The summed E-state index contributed by atoms with van der Waals surface area (Å²) < 4.78 is 0. The van der Waals surface area contributed by atoms with Gasteiger partial charge in [0.25, 0.3) is 5.91 Å². The number of rotatable bonds is 5. The van der Waals surface area contributed by atoms with E-state index in [1.54, 1.807) is 18.3 Å². The molecule has 1 aliphatic rings. The second-order valence-corrected chi connectivity index (χ2v) is 6.78. The minimum atomic E-state index is -0.316. The van der Waals surface area contributed by atoms with Gasteiger partial charge >= 0.3 is 0 Å². The Bertz CT molecular complexity index is 827. The Labute approximate surface area is 159 Å². The van der Waals surface area contributed by atoms with Crippen molar-refractivity contribution in [1.82, 2.24) is 10.4 Å². The highest BCUT2D eigenvalue weighted by Gasteiger charge is 2.21. The third kappa shape index (κ3) is 5.23. The van der Waals surface area contributed by atoms with Crippen molar-refractivity contribution < 1.29 is 9.59 Å². The van der Waals surface area contributed by atoms with Crippen molar-refractivity contribution >= 4 is 23.2 Å². The highest BCUT2D eigenvalue weighted by atomic mass is 16.2. The van der Waals surface area contributed by atoms with Gasteiger partial charge in [-0.15, -0.1) is 0 Å². The lowest BCUT2D eigenvalue weighted by molar-refractivity contribution is -0.120. The van der Waals surface area contributed by atoms with Crippen molar-refractivity contribution in [2.45, 2.75) is 39.0 Å². The van der Waals surface area contributed by atoms with Crippen LogP contribution in [0.25, 0.3) is 0 Å². The fourth-order valence-corrected chi connectivity index (χ4v) is 3.19. The van der Waals surface area contributed by atoms with Crippen LogP contribution in [-0.4, -0.2) is 22.5 Å². The summed E-state index contributed by atoms with van der Waals surface area (Å²) in [4.78, 5) is 28.4. The molecular weight excluding hydrogens is 340 g/mol. The molecule has 2 N–H and O–H groups in total. The Balaban J connectivity index is 1.63. The van der Waals surface area contributed by atoms with Gasteiger partial charge in [-0.3, -0.25) is 14.6 Å². The summed E-state index contributed by atoms with van der Waals surface area (Å²) in [6.07, 6.45) is 8.50. The van der Waals surface area contributed by atoms with Crippen molar-refractivity contribution in [3.05, 3.63) is 59.9 Å². The molecule has 6 heteroatoms. The van der Waals surface area contributed by atoms with Crippen molar-refractivity contribution in [2.24, 2.45) is 11.0 Å². The first-order valence-electron chi connectivity index (χ1n) is 9.29. The Hall–Kier alpha value is -3.02. The van der Waals surface area contributed by atoms with Crippen LogP contribution in [0.3, 0.4) is 0 Å². The van der Waals surface area contributed by atoms with Crippen molar-refractivity contribution in [3.8, 4) is 0 Å². The van der Waals surface area contributed by atoms with Gasteiger partial charge in [0.05, 0.1) is 11.3 Å². The highest BCUT2D eigenvalue weighted by Crippen LogP contribution is 2.25. The van der Waals surface area contributed by atoms with Crippen molar-refractivity contribution in [2.75, 3.05) is 5.32 Å². The van der Waals surface area contributed by atoms with E-state index in [1.165, 1.54) is 12.6 Å². The lowest BCUT2D eigenvalue weighted by atomic mass is 9.88. The summed E-state index contributed by atoms with van der Waals surface area (Å²) in [6, 6.07) is 10.9. The quantitative estimate of drug-likeness (QED) is 0.626. The summed E-state index contributed by atoms with van der Waals surface area (Å²) in [5, 5.41) is 7.17. The smallest absolute Gasteiger partial charge is 0.272 e. The van der Waals surface area contributed by atoms with Crippen LogP contribution in [0.1, 0.15) is 54.9 Å². The molecule has 0 radical (unpaired) electrons. The van der Waals surface area contributed by atoms with Crippen LogP contribution in [0, 0.1) is 5.92 Å². The first-order valence-corrected chi connectivity index (χ1v) is 9.29. The third-order valence-electron chi connectivity index (χ3n) is 4.77. The Morgan fingerprint density at radius 2 is 1.85 bits per heavy atom. The number of anilines is 1. The number of aromatic nitrogens is 1. The second-order valence-electron chi connectivity index (χ2n) is 6.78. The largest absolute Gasteiger partial charge is 0.326 e. The number of hydrazone groups is 1. The monoisotopic (exact) mass is 364 g/mol. The summed E-state index contributed by atoms with van der Waals surface area (Å²) in [7, 11) is 0. The predicted octanol–water partition coefficient (Wildman–Crippen LogP) is 3.75. The summed E-state index contributed by atoms with van der Waals surface area (Å²) >= 11 is 0. The van der Waals surface area contributed by atoms with Crippen LogP contribution in [-0.2, 0) is 4.79 Å². The lowest BCUT2D eigenvalue weighted by Crippen LogP contribution is -2.24. The fraction of sp³-hybridized carbons (Fsp3) is 0.333. The van der Waals surface area contributed by atoms with Gasteiger partial charge in [0.2, 0.25) is 5.91 Å². The minimum Gasteiger partial charge on any atom is -0.326 e. The van der Waals surface area contributed by atoms with Crippen molar-refractivity contribution in [1.29, 1.82) is 0 Å². The zero-order valence-corrected chi connectivity index (χ0v) is 15.4. The summed E-state index contributed by atoms with van der Waals surface area (Å²) in [5.41, 5.74) is 5.21. The van der Waals surface area contributed by atoms with E-state index in [1.807, 2.05) is 31.2 Å². The molecule has 0 atom stereocenters. The van der Waals surface area contributed by atoms with Crippen molar-refractivity contribution in [3.63, 3.8) is 0 Å². The molecule has 0 bridgehead atoms. The summed E-state index contributed by atoms with van der Waals surface area (Å²) in [5.74, 6) is -0.119. The number of amides is 2. The van der Waals surface area contributed by atoms with E-state index in [-0.39, 0.29) is 17.7 Å². The Morgan fingerprint density at radius 1 is 1.07 bits per heavy atom. The van der Waals surface area contributed by atoms with E-state index < -0.39 is 0 Å². The molecule has 1 saturated carbocycles. The van der Waals surface area contributed by atoms with E-state index in [9.17, 15) is 9.59 Å². The first-order chi connectivity index (χ1) is 13.1. The molecule has 1 fully saturated rings. The lowest BCUT2D eigenvalue weighted by Gasteiger charge is -2.20. The molecule has 1 heterocycles. The van der Waals surface area contributed by atoms with Crippen LogP contribution in [0.15, 0.2) is 53.9 Å². The maximum Gasteiger partial charge on any atom is 0.272 e. The van der Waals surface area contributed by atoms with Gasteiger partial charge in [0.1, 0.15) is 0 Å². The molecule has 1 aliphatic carbocycles. The molecule has 6 nitrogen and oxygen atoms in total. The van der Waals surface area contributed by atoms with Crippen LogP contribution in [0.4, 0.5) is 5.69 Å². The minimum absolute atomic E-state index is 0.0892. The molecule has 2 amide bonds. The Morgan fingerprint density at radius 3 is 2.59 bits per heavy atom. The number of hydrogen-bond acceptors (Lipinski definition) is 4. The SMILES string of the molecule is CC(=NNC(=O)c1cccnc1)c1cccc(NC(=O)C2CCCCC2)c1. The van der Waals surface area contributed by atoms with Crippen LogP contribution in [0.5, 0.6) is 0 Å². The van der Waals surface area contributed by atoms with E-state index in [0.29, 0.717) is 11.3 Å². The topological polar surface area (TPSA) is 83.4 Å². The third-order valence-corrected chi connectivity index (χ3v) is 4.77. The number of benzene rings is 1. The van der Waals surface area contributed by atoms with E-state index in [2.05, 4.69) is 20.8 Å². The normalized spacial score (nSPS) is 15.2. The fourth-order valence-electron chi connectivity index (χ4n) is 3.19. The van der Waals surface area contributed by atoms with Gasteiger partial charge in [0.15, 0.2) is 0 Å². The standard InChI is InChI=1S/C21H24N4O2/c1-15(24-25-21(27)18-10-6-12-22-14-18)17-9-5-11-19(13-17)23-20(26)16-7-3-2-4-8-16/h5-6,9-14,16H,2-4,7-8H2,1H3,(H,23,26)(H,25,27). The molecule has 1 aromatic carbocycles. The maximum atomic E-state index is 12.4. The average molecular weight is 364 g/mol. The number of carbonyl (C=O) groups excluding carboxylic acids is 2. The van der Waals surface area contributed by atoms with Crippen LogP contribution >= 0.6 is 0 Å². The second kappa shape index (κ2) is 9.07. The highest BCUT2D eigenvalue weighted by molar-refractivity contribution is 6.02. The van der Waals surface area contributed by atoms with Gasteiger partial charge in [-0.05, 0) is 49.6 Å².